The lowest BCUT2D eigenvalue weighted by Gasteiger charge is -2.25. The lowest BCUT2D eigenvalue weighted by molar-refractivity contribution is -0.384. The smallest absolute Gasteiger partial charge is 0.293 e. The maximum atomic E-state index is 12.3. The Morgan fingerprint density at radius 1 is 1.23 bits per heavy atom. The van der Waals surface area contributed by atoms with E-state index in [9.17, 15) is 19.7 Å². The summed E-state index contributed by atoms with van der Waals surface area (Å²) in [4.78, 5) is 42.1. The van der Waals surface area contributed by atoms with Gasteiger partial charge in [0.2, 0.25) is 5.91 Å². The standard InChI is InChI=1S/C19H17N5O5S/c25-17(20-12-3-5-13(6-4-12)24(27)28)11-23-8-7-14-16(10-23)30-19(21-14)22-18(26)15-2-1-9-29-15/h1-6,9H,7-8,10-11H2,(H,20,25)(H,21,22,26). The fourth-order valence-corrected chi connectivity index (χ4v) is 4.12. The summed E-state index contributed by atoms with van der Waals surface area (Å²) < 4.78 is 5.08. The number of benzene rings is 1. The zero-order valence-corrected chi connectivity index (χ0v) is 16.5. The van der Waals surface area contributed by atoms with Gasteiger partial charge in [-0.25, -0.2) is 4.98 Å². The molecule has 0 saturated carbocycles. The van der Waals surface area contributed by atoms with E-state index in [1.165, 1.54) is 41.9 Å². The SMILES string of the molecule is O=C(CN1CCc2nc(NC(=O)c3ccco3)sc2C1)Nc1ccc([N+](=O)[O-])cc1. The summed E-state index contributed by atoms with van der Waals surface area (Å²) in [6.45, 7) is 1.40. The predicted octanol–water partition coefficient (Wildman–Crippen LogP) is 2.89. The Balaban J connectivity index is 1.32. The van der Waals surface area contributed by atoms with Crippen molar-refractivity contribution in [3.05, 3.63) is 69.1 Å². The molecule has 10 nitrogen and oxygen atoms in total. The second-order valence-electron chi connectivity index (χ2n) is 6.63. The van der Waals surface area contributed by atoms with Crippen LogP contribution in [-0.4, -0.2) is 39.7 Å². The highest BCUT2D eigenvalue weighted by Crippen LogP contribution is 2.28. The number of aromatic nitrogens is 1. The highest BCUT2D eigenvalue weighted by molar-refractivity contribution is 7.15. The number of anilines is 2. The Bertz CT molecular complexity index is 1080. The fourth-order valence-electron chi connectivity index (χ4n) is 3.07. The topological polar surface area (TPSA) is 131 Å². The average Bonchev–Trinajstić information content (AvgIpc) is 3.37. The molecule has 0 atom stereocenters. The van der Waals surface area contributed by atoms with Gasteiger partial charge in [0.25, 0.3) is 11.6 Å². The molecular weight excluding hydrogens is 410 g/mol. The average molecular weight is 427 g/mol. The summed E-state index contributed by atoms with van der Waals surface area (Å²) in [7, 11) is 0. The van der Waals surface area contributed by atoms with Crippen molar-refractivity contribution in [1.82, 2.24) is 9.88 Å². The van der Waals surface area contributed by atoms with E-state index in [1.807, 2.05) is 4.90 Å². The van der Waals surface area contributed by atoms with Crippen LogP contribution in [0.1, 0.15) is 21.1 Å². The Kier molecular flexibility index (Phi) is 5.55. The molecule has 4 rings (SSSR count). The molecule has 2 aromatic heterocycles. The Morgan fingerprint density at radius 3 is 2.73 bits per heavy atom. The Labute approximate surface area is 174 Å². The molecular formula is C19H17N5O5S. The number of hydrogen-bond donors (Lipinski definition) is 2. The van der Waals surface area contributed by atoms with E-state index in [4.69, 9.17) is 4.42 Å². The maximum absolute atomic E-state index is 12.3. The molecule has 154 valence electrons. The van der Waals surface area contributed by atoms with Crippen molar-refractivity contribution in [3.63, 3.8) is 0 Å². The van der Waals surface area contributed by atoms with Gasteiger partial charge in [-0.15, -0.1) is 11.3 Å². The van der Waals surface area contributed by atoms with Gasteiger partial charge in [0.15, 0.2) is 10.9 Å². The molecule has 2 amide bonds. The van der Waals surface area contributed by atoms with E-state index < -0.39 is 4.92 Å². The molecule has 0 bridgehead atoms. The zero-order chi connectivity index (χ0) is 21.1. The number of amides is 2. The second kappa shape index (κ2) is 8.43. The molecule has 1 aliphatic heterocycles. The zero-order valence-electron chi connectivity index (χ0n) is 15.7. The number of carbonyl (C=O) groups excluding carboxylic acids is 2. The summed E-state index contributed by atoms with van der Waals surface area (Å²) in [6, 6.07) is 8.91. The number of nitrogens with one attached hydrogen (secondary N) is 2. The van der Waals surface area contributed by atoms with Crippen molar-refractivity contribution >= 4 is 39.7 Å². The third-order valence-corrected chi connectivity index (χ3v) is 5.50. The maximum Gasteiger partial charge on any atom is 0.293 e. The van der Waals surface area contributed by atoms with Crippen molar-refractivity contribution in [3.8, 4) is 0 Å². The van der Waals surface area contributed by atoms with E-state index >= 15 is 0 Å². The quantitative estimate of drug-likeness (QED) is 0.457. The van der Waals surface area contributed by atoms with Gasteiger partial charge in [0.1, 0.15) is 0 Å². The van der Waals surface area contributed by atoms with Crippen molar-refractivity contribution < 1.29 is 18.9 Å². The number of hydrogen-bond acceptors (Lipinski definition) is 8. The number of furan rings is 1. The van der Waals surface area contributed by atoms with Gasteiger partial charge in [-0.1, -0.05) is 0 Å². The van der Waals surface area contributed by atoms with Crippen LogP contribution in [0.25, 0.3) is 0 Å². The van der Waals surface area contributed by atoms with Crippen LogP contribution in [0.2, 0.25) is 0 Å². The number of nitrogens with zero attached hydrogens (tertiary/aromatic N) is 3. The lowest BCUT2D eigenvalue weighted by atomic mass is 10.2. The highest BCUT2D eigenvalue weighted by Gasteiger charge is 2.23. The minimum Gasteiger partial charge on any atom is -0.459 e. The van der Waals surface area contributed by atoms with Gasteiger partial charge < -0.3 is 9.73 Å². The monoisotopic (exact) mass is 427 g/mol. The van der Waals surface area contributed by atoms with Crippen molar-refractivity contribution in [1.29, 1.82) is 0 Å². The molecule has 3 aromatic rings. The third kappa shape index (κ3) is 4.53. The first-order valence-corrected chi connectivity index (χ1v) is 9.89. The Hall–Kier alpha value is -3.57. The summed E-state index contributed by atoms with van der Waals surface area (Å²) in [5.41, 5.74) is 1.39. The first-order valence-electron chi connectivity index (χ1n) is 9.08. The van der Waals surface area contributed by atoms with Crippen LogP contribution in [0.5, 0.6) is 0 Å². The summed E-state index contributed by atoms with van der Waals surface area (Å²) in [6.07, 6.45) is 2.11. The van der Waals surface area contributed by atoms with E-state index in [0.29, 0.717) is 30.3 Å². The van der Waals surface area contributed by atoms with E-state index in [-0.39, 0.29) is 29.8 Å². The number of nitro benzene ring substituents is 1. The first-order chi connectivity index (χ1) is 14.5. The molecule has 0 fully saturated rings. The highest BCUT2D eigenvalue weighted by atomic mass is 32.1. The van der Waals surface area contributed by atoms with Gasteiger partial charge in [-0.05, 0) is 24.3 Å². The molecule has 1 aromatic carbocycles. The molecule has 0 spiro atoms. The lowest BCUT2D eigenvalue weighted by Crippen LogP contribution is -2.36. The van der Waals surface area contributed by atoms with Gasteiger partial charge in [0.05, 0.1) is 23.4 Å². The molecule has 3 heterocycles. The summed E-state index contributed by atoms with van der Waals surface area (Å²) in [5, 5.41) is 16.7. The van der Waals surface area contributed by atoms with E-state index in [2.05, 4.69) is 15.6 Å². The van der Waals surface area contributed by atoms with Crippen LogP contribution in [0, 0.1) is 10.1 Å². The molecule has 11 heteroatoms. The summed E-state index contributed by atoms with van der Waals surface area (Å²) in [5.74, 6) is -0.346. The van der Waals surface area contributed by atoms with Crippen LogP contribution >= 0.6 is 11.3 Å². The number of fused-ring (bicyclic) bond motifs is 1. The van der Waals surface area contributed by atoms with Gasteiger partial charge in [-0.3, -0.25) is 29.9 Å². The van der Waals surface area contributed by atoms with Crippen LogP contribution in [0.3, 0.4) is 0 Å². The van der Waals surface area contributed by atoms with E-state index in [1.54, 1.807) is 12.1 Å². The number of non-ortho nitro benzene ring substituents is 1. The fraction of sp³-hybridized carbons (Fsp3) is 0.211. The number of rotatable bonds is 6. The minimum atomic E-state index is -0.489. The molecule has 0 aliphatic carbocycles. The van der Waals surface area contributed by atoms with Crippen LogP contribution in [0.15, 0.2) is 47.1 Å². The van der Waals surface area contributed by atoms with Crippen molar-refractivity contribution in [2.24, 2.45) is 0 Å². The summed E-state index contributed by atoms with van der Waals surface area (Å²) >= 11 is 1.38. The van der Waals surface area contributed by atoms with E-state index in [0.717, 1.165) is 10.6 Å². The van der Waals surface area contributed by atoms with Gasteiger partial charge in [0, 0.05) is 42.2 Å². The minimum absolute atomic E-state index is 0.0308. The van der Waals surface area contributed by atoms with Crippen molar-refractivity contribution in [2.45, 2.75) is 13.0 Å². The molecule has 30 heavy (non-hydrogen) atoms. The Morgan fingerprint density at radius 2 is 2.03 bits per heavy atom. The normalized spacial score (nSPS) is 13.5. The number of nitro groups is 1. The largest absolute Gasteiger partial charge is 0.459 e. The molecule has 1 aliphatic rings. The second-order valence-corrected chi connectivity index (χ2v) is 7.72. The van der Waals surface area contributed by atoms with Gasteiger partial charge in [-0.2, -0.15) is 0 Å². The number of thiazole rings is 1. The van der Waals surface area contributed by atoms with Crippen molar-refractivity contribution in [2.75, 3.05) is 23.7 Å². The first kappa shape index (κ1) is 19.7. The molecule has 0 radical (unpaired) electrons. The van der Waals surface area contributed by atoms with Crippen LogP contribution < -0.4 is 10.6 Å². The molecule has 0 unspecified atom stereocenters. The molecule has 0 saturated heterocycles. The molecule has 2 N–H and O–H groups in total. The van der Waals surface area contributed by atoms with Gasteiger partial charge >= 0.3 is 0 Å². The predicted molar refractivity (Wildman–Crippen MR) is 109 cm³/mol. The number of carbonyl (C=O) groups is 2. The third-order valence-electron chi connectivity index (χ3n) is 4.50. The van der Waals surface area contributed by atoms with Crippen LogP contribution in [0.4, 0.5) is 16.5 Å². The van der Waals surface area contributed by atoms with Crippen LogP contribution in [-0.2, 0) is 17.8 Å².